The van der Waals surface area contributed by atoms with Crippen LogP contribution in [0.15, 0.2) is 78.9 Å². The number of hydrogen-bond acceptors (Lipinski definition) is 5. The molecule has 0 aliphatic rings. The van der Waals surface area contributed by atoms with Crippen LogP contribution in [-0.2, 0) is 27.0 Å². The van der Waals surface area contributed by atoms with E-state index in [2.05, 4.69) is 4.74 Å². The van der Waals surface area contributed by atoms with Crippen LogP contribution in [0.1, 0.15) is 33.1 Å². The Balaban J connectivity index is 1.97. The fraction of sp³-hybridized carbons (Fsp3) is 0.192. The number of ether oxygens (including phenoxy) is 2. The monoisotopic (exact) mass is 500 g/mol. The molecule has 0 saturated heterocycles. The van der Waals surface area contributed by atoms with Crippen molar-refractivity contribution in [1.82, 2.24) is 4.90 Å². The van der Waals surface area contributed by atoms with Gasteiger partial charge in [-0.2, -0.15) is 13.2 Å². The van der Waals surface area contributed by atoms with Gasteiger partial charge >= 0.3 is 12.1 Å². The van der Waals surface area contributed by atoms with Crippen molar-refractivity contribution in [3.63, 3.8) is 0 Å². The molecule has 1 atom stereocenters. The molecule has 0 unspecified atom stereocenters. The zero-order valence-electron chi connectivity index (χ0n) is 19.2. The summed E-state index contributed by atoms with van der Waals surface area (Å²) in [4.78, 5) is 38.4. The van der Waals surface area contributed by atoms with Crippen LogP contribution in [0.3, 0.4) is 0 Å². The van der Waals surface area contributed by atoms with Gasteiger partial charge in [-0.15, -0.1) is 0 Å². The van der Waals surface area contributed by atoms with Crippen molar-refractivity contribution >= 4 is 17.8 Å². The highest BCUT2D eigenvalue weighted by Crippen LogP contribution is 2.31. The molecule has 0 spiro atoms. The number of carbonyl (C=O) groups excluding carboxylic acids is 3. The Morgan fingerprint density at radius 3 is 2.19 bits per heavy atom. The Morgan fingerprint density at radius 1 is 0.944 bits per heavy atom. The molecular formula is C26H23F3N2O5. The molecule has 3 aromatic rings. The largest absolute Gasteiger partial charge is 0.482 e. The molecule has 36 heavy (non-hydrogen) atoms. The van der Waals surface area contributed by atoms with Gasteiger partial charge in [0.15, 0.2) is 6.61 Å². The van der Waals surface area contributed by atoms with Gasteiger partial charge in [0.1, 0.15) is 11.8 Å². The minimum Gasteiger partial charge on any atom is -0.482 e. The van der Waals surface area contributed by atoms with Crippen LogP contribution in [0, 0.1) is 0 Å². The van der Waals surface area contributed by atoms with Gasteiger partial charge in [0.25, 0.3) is 5.91 Å². The third kappa shape index (κ3) is 6.62. The Kier molecular flexibility index (Phi) is 8.31. The maximum absolute atomic E-state index is 13.6. The van der Waals surface area contributed by atoms with Crippen LogP contribution in [-0.4, -0.2) is 36.4 Å². The van der Waals surface area contributed by atoms with Crippen molar-refractivity contribution in [3.8, 4) is 5.75 Å². The number of amides is 2. The van der Waals surface area contributed by atoms with E-state index in [1.54, 1.807) is 30.3 Å². The molecule has 0 heterocycles. The molecule has 3 rings (SSSR count). The maximum atomic E-state index is 13.6. The summed E-state index contributed by atoms with van der Waals surface area (Å²) < 4.78 is 49.5. The first-order valence-corrected chi connectivity index (χ1v) is 10.7. The van der Waals surface area contributed by atoms with Crippen molar-refractivity contribution in [2.75, 3.05) is 13.7 Å². The lowest BCUT2D eigenvalue weighted by atomic mass is 10.0. The highest BCUT2D eigenvalue weighted by molar-refractivity contribution is 5.97. The summed E-state index contributed by atoms with van der Waals surface area (Å²) in [7, 11) is 1.22. The van der Waals surface area contributed by atoms with Crippen LogP contribution in [0.25, 0.3) is 0 Å². The predicted molar refractivity (Wildman–Crippen MR) is 124 cm³/mol. The summed E-state index contributed by atoms with van der Waals surface area (Å²) in [6, 6.07) is 17.2. The summed E-state index contributed by atoms with van der Waals surface area (Å²) in [6.07, 6.45) is -4.58. The molecule has 188 valence electrons. The van der Waals surface area contributed by atoms with Gasteiger partial charge in [-0.3, -0.25) is 9.59 Å². The molecule has 2 amide bonds. The molecule has 0 aromatic heterocycles. The van der Waals surface area contributed by atoms with Gasteiger partial charge in [0.2, 0.25) is 5.91 Å². The smallest absolute Gasteiger partial charge is 0.416 e. The predicted octanol–water partition coefficient (Wildman–Crippen LogP) is 4.13. The third-order valence-electron chi connectivity index (χ3n) is 5.25. The Bertz CT molecular complexity index is 1210. The Labute approximate surface area is 205 Å². The minimum absolute atomic E-state index is 0.134. The summed E-state index contributed by atoms with van der Waals surface area (Å²) in [5.74, 6) is -1.79. The van der Waals surface area contributed by atoms with E-state index in [0.717, 1.165) is 17.0 Å². The molecule has 0 radical (unpaired) electrons. The van der Waals surface area contributed by atoms with Crippen molar-refractivity contribution in [2.45, 2.75) is 18.8 Å². The Hall–Kier alpha value is -4.34. The summed E-state index contributed by atoms with van der Waals surface area (Å²) in [5, 5.41) is 0. The van der Waals surface area contributed by atoms with Crippen LogP contribution >= 0.6 is 0 Å². The van der Waals surface area contributed by atoms with E-state index in [9.17, 15) is 27.6 Å². The highest BCUT2D eigenvalue weighted by Gasteiger charge is 2.33. The fourth-order valence-electron chi connectivity index (χ4n) is 3.52. The molecule has 2 N–H and O–H groups in total. The van der Waals surface area contributed by atoms with Crippen LogP contribution < -0.4 is 10.5 Å². The average Bonchev–Trinajstić information content (AvgIpc) is 2.87. The molecule has 0 aliphatic carbocycles. The van der Waals surface area contributed by atoms with Crippen LogP contribution in [0.4, 0.5) is 13.2 Å². The first-order chi connectivity index (χ1) is 17.1. The molecule has 0 fully saturated rings. The number of methoxy groups -OCH3 is 1. The van der Waals surface area contributed by atoms with Crippen molar-refractivity contribution in [2.24, 2.45) is 5.73 Å². The van der Waals surface area contributed by atoms with Gasteiger partial charge in [-0.25, -0.2) is 4.79 Å². The SMILES string of the molecule is COC(=O)COc1ccc(C(=O)N(Cc2cccc(C(F)(F)F)c2)[C@@H](C(N)=O)c2ccccc2)cc1. The third-order valence-corrected chi connectivity index (χ3v) is 5.25. The quantitative estimate of drug-likeness (QED) is 0.446. The molecule has 0 saturated carbocycles. The fourth-order valence-corrected chi connectivity index (χ4v) is 3.52. The number of rotatable bonds is 9. The second kappa shape index (κ2) is 11.4. The average molecular weight is 500 g/mol. The van der Waals surface area contributed by atoms with E-state index < -0.39 is 35.6 Å². The first kappa shape index (κ1) is 26.3. The van der Waals surface area contributed by atoms with E-state index in [4.69, 9.17) is 10.5 Å². The molecule has 3 aromatic carbocycles. The van der Waals surface area contributed by atoms with Crippen LogP contribution in [0.5, 0.6) is 5.75 Å². The number of nitrogens with two attached hydrogens (primary N) is 1. The molecule has 0 aliphatic heterocycles. The number of carbonyl (C=O) groups is 3. The number of alkyl halides is 3. The zero-order chi connectivity index (χ0) is 26.3. The second-order valence-electron chi connectivity index (χ2n) is 7.74. The summed E-state index contributed by atoms with van der Waals surface area (Å²) in [5.41, 5.74) is 5.49. The normalized spacial score (nSPS) is 11.9. The maximum Gasteiger partial charge on any atom is 0.416 e. The second-order valence-corrected chi connectivity index (χ2v) is 7.74. The van der Waals surface area contributed by atoms with Crippen LogP contribution in [0.2, 0.25) is 0 Å². The number of esters is 1. The lowest BCUT2D eigenvalue weighted by molar-refractivity contribution is -0.143. The highest BCUT2D eigenvalue weighted by atomic mass is 19.4. The molecular weight excluding hydrogens is 477 g/mol. The van der Waals surface area contributed by atoms with Gasteiger partial charge < -0.3 is 20.1 Å². The van der Waals surface area contributed by atoms with E-state index in [-0.39, 0.29) is 30.0 Å². The van der Waals surface area contributed by atoms with Crippen molar-refractivity contribution in [1.29, 1.82) is 0 Å². The first-order valence-electron chi connectivity index (χ1n) is 10.7. The van der Waals surface area contributed by atoms with E-state index >= 15 is 0 Å². The number of benzene rings is 3. The molecule has 10 heteroatoms. The van der Waals surface area contributed by atoms with Gasteiger partial charge in [-0.1, -0.05) is 42.5 Å². The number of primary amides is 1. The molecule has 0 bridgehead atoms. The van der Waals surface area contributed by atoms with E-state index in [1.807, 2.05) is 0 Å². The number of nitrogens with zero attached hydrogens (tertiary/aromatic N) is 1. The minimum atomic E-state index is -4.58. The van der Waals surface area contributed by atoms with Gasteiger partial charge in [0.05, 0.1) is 12.7 Å². The van der Waals surface area contributed by atoms with Crippen molar-refractivity contribution < 1.29 is 37.0 Å². The molecule has 7 nitrogen and oxygen atoms in total. The lowest BCUT2D eigenvalue weighted by Gasteiger charge is -2.30. The van der Waals surface area contributed by atoms with Gasteiger partial charge in [-0.05, 0) is 47.5 Å². The lowest BCUT2D eigenvalue weighted by Crippen LogP contribution is -2.41. The topological polar surface area (TPSA) is 98.9 Å². The van der Waals surface area contributed by atoms with Crippen molar-refractivity contribution in [3.05, 3.63) is 101 Å². The van der Waals surface area contributed by atoms with E-state index in [1.165, 1.54) is 43.5 Å². The number of hydrogen-bond donors (Lipinski definition) is 1. The zero-order valence-corrected chi connectivity index (χ0v) is 19.2. The van der Waals surface area contributed by atoms with Gasteiger partial charge in [0, 0.05) is 12.1 Å². The van der Waals surface area contributed by atoms with E-state index in [0.29, 0.717) is 5.56 Å². The number of halogens is 3. The summed E-state index contributed by atoms with van der Waals surface area (Å²) in [6.45, 7) is -0.644. The Morgan fingerprint density at radius 2 is 1.61 bits per heavy atom. The standard InChI is InChI=1S/C26H23F3N2O5/c1-35-22(32)16-36-21-12-10-19(11-13-21)25(34)31(23(24(30)33)18-7-3-2-4-8-18)15-17-6-5-9-20(14-17)26(27,28)29/h2-14,23H,15-16H2,1H3,(H2,30,33)/t23-/m1/s1. The summed E-state index contributed by atoms with van der Waals surface area (Å²) >= 11 is 0.